The van der Waals surface area contributed by atoms with Crippen molar-refractivity contribution >= 4 is 56.6 Å². The van der Waals surface area contributed by atoms with Crippen LogP contribution in [-0.2, 0) is 9.53 Å². The van der Waals surface area contributed by atoms with Gasteiger partial charge in [-0.2, -0.15) is 0 Å². The quantitative estimate of drug-likeness (QED) is 0.562. The molecule has 0 aliphatic heterocycles. The first kappa shape index (κ1) is 21.5. The molecule has 0 radical (unpaired) electrons. The van der Waals surface area contributed by atoms with Gasteiger partial charge < -0.3 is 20.1 Å². The van der Waals surface area contributed by atoms with Crippen LogP contribution in [0, 0.1) is 0 Å². The van der Waals surface area contributed by atoms with Gasteiger partial charge in [-0.15, -0.1) is 0 Å². The molecule has 0 aliphatic rings. The number of hydrogen-bond donors (Lipinski definition) is 2. The molecular weight excluding hydrogens is 459 g/mol. The molecule has 27 heavy (non-hydrogen) atoms. The van der Waals surface area contributed by atoms with E-state index in [0.29, 0.717) is 39.6 Å². The normalized spacial score (nSPS) is 10.4. The molecule has 0 atom stereocenters. The van der Waals surface area contributed by atoms with Crippen molar-refractivity contribution in [2.45, 2.75) is 0 Å². The molecule has 2 aromatic rings. The SMILES string of the molecule is COCCNC(=O)c1ccccc1NC(=O)COc1c(Cl)cc(Cl)cc1Br. The second-order valence-electron chi connectivity index (χ2n) is 5.33. The van der Waals surface area contributed by atoms with Gasteiger partial charge in [0, 0.05) is 18.7 Å². The lowest BCUT2D eigenvalue weighted by molar-refractivity contribution is -0.118. The number of halogens is 3. The van der Waals surface area contributed by atoms with E-state index in [9.17, 15) is 9.59 Å². The predicted molar refractivity (Wildman–Crippen MR) is 109 cm³/mol. The molecule has 2 rings (SSSR count). The third-order valence-corrected chi connectivity index (χ3v) is 4.44. The molecular formula is C18H17BrCl2N2O4. The van der Waals surface area contributed by atoms with Crippen molar-refractivity contribution in [3.63, 3.8) is 0 Å². The molecule has 2 amide bonds. The van der Waals surface area contributed by atoms with Crippen molar-refractivity contribution < 1.29 is 19.1 Å². The van der Waals surface area contributed by atoms with Crippen LogP contribution in [-0.4, -0.2) is 38.7 Å². The maximum atomic E-state index is 12.2. The second-order valence-corrected chi connectivity index (χ2v) is 7.03. The third kappa shape index (κ3) is 6.39. The van der Waals surface area contributed by atoms with E-state index in [1.165, 1.54) is 6.07 Å². The van der Waals surface area contributed by atoms with E-state index >= 15 is 0 Å². The number of rotatable bonds is 8. The van der Waals surface area contributed by atoms with Crippen LogP contribution in [0.1, 0.15) is 10.4 Å². The minimum absolute atomic E-state index is 0.278. The van der Waals surface area contributed by atoms with Crippen LogP contribution in [0.4, 0.5) is 5.69 Å². The van der Waals surface area contributed by atoms with Gasteiger partial charge in [0.2, 0.25) is 0 Å². The van der Waals surface area contributed by atoms with E-state index in [-0.39, 0.29) is 17.5 Å². The fraction of sp³-hybridized carbons (Fsp3) is 0.222. The molecule has 0 aromatic heterocycles. The number of carbonyl (C=O) groups excluding carboxylic acids is 2. The fourth-order valence-electron chi connectivity index (χ4n) is 2.14. The molecule has 144 valence electrons. The van der Waals surface area contributed by atoms with Gasteiger partial charge in [0.25, 0.3) is 11.8 Å². The van der Waals surface area contributed by atoms with Gasteiger partial charge in [0.05, 0.1) is 27.4 Å². The number of carbonyl (C=O) groups is 2. The average Bonchev–Trinajstić information content (AvgIpc) is 2.61. The molecule has 0 saturated carbocycles. The summed E-state index contributed by atoms with van der Waals surface area (Å²) in [7, 11) is 1.55. The summed E-state index contributed by atoms with van der Waals surface area (Å²) >= 11 is 15.2. The largest absolute Gasteiger partial charge is 0.481 e. The summed E-state index contributed by atoms with van der Waals surface area (Å²) in [5.41, 5.74) is 0.718. The number of para-hydroxylation sites is 1. The lowest BCUT2D eigenvalue weighted by Gasteiger charge is -2.13. The van der Waals surface area contributed by atoms with Crippen LogP contribution in [0.2, 0.25) is 10.0 Å². The predicted octanol–water partition coefficient (Wildman–Crippen LogP) is 4.15. The number of methoxy groups -OCH3 is 1. The van der Waals surface area contributed by atoms with Gasteiger partial charge in [-0.3, -0.25) is 9.59 Å². The molecule has 2 aromatic carbocycles. The van der Waals surface area contributed by atoms with E-state index in [1.54, 1.807) is 37.4 Å². The fourth-order valence-corrected chi connectivity index (χ4v) is 3.51. The topological polar surface area (TPSA) is 76.7 Å². The highest BCUT2D eigenvalue weighted by Crippen LogP contribution is 2.36. The Morgan fingerprint density at radius 3 is 2.63 bits per heavy atom. The van der Waals surface area contributed by atoms with Crippen LogP contribution >= 0.6 is 39.1 Å². The number of anilines is 1. The maximum Gasteiger partial charge on any atom is 0.262 e. The first-order valence-electron chi connectivity index (χ1n) is 7.85. The Bertz CT molecular complexity index is 810. The van der Waals surface area contributed by atoms with Crippen LogP contribution in [0.3, 0.4) is 0 Å². The zero-order chi connectivity index (χ0) is 19.8. The number of hydrogen-bond acceptors (Lipinski definition) is 4. The van der Waals surface area contributed by atoms with E-state index < -0.39 is 5.91 Å². The lowest BCUT2D eigenvalue weighted by atomic mass is 10.1. The summed E-state index contributed by atoms with van der Waals surface area (Å²) in [6.07, 6.45) is 0. The highest BCUT2D eigenvalue weighted by Gasteiger charge is 2.15. The summed E-state index contributed by atoms with van der Waals surface area (Å²) in [4.78, 5) is 24.5. The van der Waals surface area contributed by atoms with Gasteiger partial charge in [-0.05, 0) is 40.2 Å². The molecule has 0 aliphatic carbocycles. The summed E-state index contributed by atoms with van der Waals surface area (Å²) in [6.45, 7) is 0.467. The van der Waals surface area contributed by atoms with Gasteiger partial charge in [0.1, 0.15) is 0 Å². The maximum absolute atomic E-state index is 12.2. The highest BCUT2D eigenvalue weighted by atomic mass is 79.9. The minimum Gasteiger partial charge on any atom is -0.481 e. The van der Waals surface area contributed by atoms with Crippen molar-refractivity contribution in [3.05, 3.63) is 56.5 Å². The molecule has 0 spiro atoms. The molecule has 0 saturated heterocycles. The van der Waals surface area contributed by atoms with E-state index in [0.717, 1.165) is 0 Å². The molecule has 0 unspecified atom stereocenters. The molecule has 2 N–H and O–H groups in total. The van der Waals surface area contributed by atoms with Crippen molar-refractivity contribution in [1.29, 1.82) is 0 Å². The van der Waals surface area contributed by atoms with E-state index in [2.05, 4.69) is 26.6 Å². The van der Waals surface area contributed by atoms with Crippen LogP contribution in [0.5, 0.6) is 5.75 Å². The van der Waals surface area contributed by atoms with Crippen molar-refractivity contribution in [2.24, 2.45) is 0 Å². The summed E-state index contributed by atoms with van der Waals surface area (Å²) in [6, 6.07) is 9.80. The summed E-state index contributed by atoms with van der Waals surface area (Å²) < 4.78 is 10.9. The monoisotopic (exact) mass is 474 g/mol. The Balaban J connectivity index is 2.01. The molecule has 9 heteroatoms. The number of ether oxygens (including phenoxy) is 2. The highest BCUT2D eigenvalue weighted by molar-refractivity contribution is 9.10. The number of benzene rings is 2. The molecule has 0 fully saturated rings. The van der Waals surface area contributed by atoms with Crippen LogP contribution in [0.15, 0.2) is 40.9 Å². The van der Waals surface area contributed by atoms with Crippen molar-refractivity contribution in [2.75, 3.05) is 32.2 Å². The molecule has 6 nitrogen and oxygen atoms in total. The van der Waals surface area contributed by atoms with Crippen LogP contribution in [0.25, 0.3) is 0 Å². The van der Waals surface area contributed by atoms with Gasteiger partial charge in [-0.1, -0.05) is 35.3 Å². The van der Waals surface area contributed by atoms with E-state index in [4.69, 9.17) is 32.7 Å². The lowest BCUT2D eigenvalue weighted by Crippen LogP contribution is -2.29. The minimum atomic E-state index is -0.440. The van der Waals surface area contributed by atoms with E-state index in [1.807, 2.05) is 0 Å². The first-order valence-corrected chi connectivity index (χ1v) is 9.40. The standard InChI is InChI=1S/C18H17BrCl2N2O4/c1-26-7-6-22-18(25)12-4-2-3-5-15(12)23-16(24)10-27-17-13(19)8-11(20)9-14(17)21/h2-5,8-9H,6-7,10H2,1H3,(H,22,25)(H,23,24). The number of amides is 2. The van der Waals surface area contributed by atoms with Crippen molar-refractivity contribution in [1.82, 2.24) is 5.32 Å². The van der Waals surface area contributed by atoms with Gasteiger partial charge >= 0.3 is 0 Å². The second kappa shape index (κ2) is 10.5. The van der Waals surface area contributed by atoms with Gasteiger partial charge in [0.15, 0.2) is 12.4 Å². The Kier molecular flexibility index (Phi) is 8.37. The Hall–Kier alpha value is -1.80. The van der Waals surface area contributed by atoms with Crippen LogP contribution < -0.4 is 15.4 Å². The molecule has 0 bridgehead atoms. The third-order valence-electron chi connectivity index (χ3n) is 3.35. The summed E-state index contributed by atoms with van der Waals surface area (Å²) in [5, 5.41) is 6.09. The Labute approximate surface area is 175 Å². The smallest absolute Gasteiger partial charge is 0.262 e. The Morgan fingerprint density at radius 2 is 1.93 bits per heavy atom. The Morgan fingerprint density at radius 1 is 1.19 bits per heavy atom. The zero-order valence-electron chi connectivity index (χ0n) is 14.4. The first-order chi connectivity index (χ1) is 12.9. The average molecular weight is 476 g/mol. The summed E-state index contributed by atoms with van der Waals surface area (Å²) in [5.74, 6) is -0.445. The van der Waals surface area contributed by atoms with Crippen molar-refractivity contribution in [3.8, 4) is 5.75 Å². The number of nitrogens with one attached hydrogen (secondary N) is 2. The zero-order valence-corrected chi connectivity index (χ0v) is 17.5. The molecule has 0 heterocycles. The van der Waals surface area contributed by atoms with Gasteiger partial charge in [-0.25, -0.2) is 0 Å².